The molecular formula is C19H22N2. The summed E-state index contributed by atoms with van der Waals surface area (Å²) < 4.78 is 0. The van der Waals surface area contributed by atoms with Crippen LogP contribution in [0.25, 0.3) is 0 Å². The molecule has 21 heavy (non-hydrogen) atoms. The van der Waals surface area contributed by atoms with Crippen LogP contribution in [-0.2, 0) is 0 Å². The van der Waals surface area contributed by atoms with Gasteiger partial charge < -0.3 is 4.90 Å². The lowest BCUT2D eigenvalue weighted by Gasteiger charge is -2.16. The van der Waals surface area contributed by atoms with Crippen LogP contribution >= 0.6 is 0 Å². The molecule has 1 unspecified atom stereocenters. The van der Waals surface area contributed by atoms with Gasteiger partial charge in [-0.2, -0.15) is 0 Å². The van der Waals surface area contributed by atoms with Crippen molar-refractivity contribution in [1.29, 1.82) is 0 Å². The SMILES string of the molecule is Cc1ccc(C(/C=C/N2CCCC2)c2ccccn2)cc1. The predicted octanol–water partition coefficient (Wildman–Crippen LogP) is 4.13. The van der Waals surface area contributed by atoms with Crippen LogP contribution in [0, 0.1) is 6.92 Å². The molecular weight excluding hydrogens is 256 g/mol. The highest BCUT2D eigenvalue weighted by molar-refractivity contribution is 5.34. The molecule has 108 valence electrons. The first kappa shape index (κ1) is 13.9. The molecule has 1 aromatic carbocycles. The van der Waals surface area contributed by atoms with E-state index in [9.17, 15) is 0 Å². The number of pyridine rings is 1. The van der Waals surface area contributed by atoms with Gasteiger partial charge in [0, 0.05) is 25.2 Å². The van der Waals surface area contributed by atoms with Crippen LogP contribution in [0.15, 0.2) is 60.9 Å². The first-order valence-electron chi connectivity index (χ1n) is 7.73. The van der Waals surface area contributed by atoms with Crippen molar-refractivity contribution >= 4 is 0 Å². The Morgan fingerprint density at radius 2 is 1.81 bits per heavy atom. The lowest BCUT2D eigenvalue weighted by molar-refractivity contribution is 0.465. The minimum atomic E-state index is 0.229. The average molecular weight is 278 g/mol. The van der Waals surface area contributed by atoms with E-state index >= 15 is 0 Å². The molecule has 2 heteroatoms. The third-order valence-corrected chi connectivity index (χ3v) is 4.07. The largest absolute Gasteiger partial charge is 0.378 e. The zero-order valence-electron chi connectivity index (χ0n) is 12.6. The van der Waals surface area contributed by atoms with Gasteiger partial charge in [0.25, 0.3) is 0 Å². The van der Waals surface area contributed by atoms with Crippen LogP contribution in [0.5, 0.6) is 0 Å². The third kappa shape index (κ3) is 3.52. The molecule has 1 aromatic heterocycles. The minimum absolute atomic E-state index is 0.229. The molecule has 1 aliphatic rings. The third-order valence-electron chi connectivity index (χ3n) is 4.07. The van der Waals surface area contributed by atoms with Gasteiger partial charge in [0.1, 0.15) is 0 Å². The summed E-state index contributed by atoms with van der Waals surface area (Å²) in [6, 6.07) is 14.9. The lowest BCUT2D eigenvalue weighted by Crippen LogP contribution is -2.11. The smallest absolute Gasteiger partial charge is 0.0516 e. The van der Waals surface area contributed by atoms with E-state index in [1.54, 1.807) is 0 Å². The second kappa shape index (κ2) is 6.57. The Morgan fingerprint density at radius 3 is 2.48 bits per heavy atom. The van der Waals surface area contributed by atoms with Crippen molar-refractivity contribution in [1.82, 2.24) is 9.88 Å². The van der Waals surface area contributed by atoms with E-state index in [1.165, 1.54) is 37.1 Å². The van der Waals surface area contributed by atoms with Crippen molar-refractivity contribution < 1.29 is 0 Å². The second-order valence-corrected chi connectivity index (χ2v) is 5.73. The molecule has 2 aromatic rings. The van der Waals surface area contributed by atoms with Gasteiger partial charge in [0.05, 0.1) is 5.69 Å². The molecule has 3 rings (SSSR count). The van der Waals surface area contributed by atoms with Crippen LogP contribution in [0.1, 0.15) is 35.6 Å². The fraction of sp³-hybridized carbons (Fsp3) is 0.316. The molecule has 1 aliphatic heterocycles. The van der Waals surface area contributed by atoms with Crippen molar-refractivity contribution in [3.8, 4) is 0 Å². The van der Waals surface area contributed by atoms with Crippen molar-refractivity contribution in [3.05, 3.63) is 77.8 Å². The van der Waals surface area contributed by atoms with E-state index in [0.29, 0.717) is 0 Å². The highest BCUT2D eigenvalue weighted by atomic mass is 15.1. The molecule has 0 spiro atoms. The summed E-state index contributed by atoms with van der Waals surface area (Å²) in [6.45, 7) is 4.48. The molecule has 0 radical (unpaired) electrons. The number of aromatic nitrogens is 1. The molecule has 1 atom stereocenters. The summed E-state index contributed by atoms with van der Waals surface area (Å²) in [5.41, 5.74) is 3.70. The van der Waals surface area contributed by atoms with E-state index in [2.05, 4.69) is 65.5 Å². The van der Waals surface area contributed by atoms with Crippen LogP contribution in [0.4, 0.5) is 0 Å². The van der Waals surface area contributed by atoms with E-state index in [-0.39, 0.29) is 5.92 Å². The van der Waals surface area contributed by atoms with E-state index in [4.69, 9.17) is 0 Å². The number of benzene rings is 1. The van der Waals surface area contributed by atoms with Crippen molar-refractivity contribution in [3.63, 3.8) is 0 Å². The van der Waals surface area contributed by atoms with E-state index in [0.717, 1.165) is 5.69 Å². The molecule has 0 N–H and O–H groups in total. The molecule has 0 aliphatic carbocycles. The highest BCUT2D eigenvalue weighted by Gasteiger charge is 2.13. The van der Waals surface area contributed by atoms with Gasteiger partial charge >= 0.3 is 0 Å². The predicted molar refractivity (Wildman–Crippen MR) is 87.2 cm³/mol. The summed E-state index contributed by atoms with van der Waals surface area (Å²) in [4.78, 5) is 6.96. The highest BCUT2D eigenvalue weighted by Crippen LogP contribution is 2.25. The maximum atomic E-state index is 4.55. The maximum Gasteiger partial charge on any atom is 0.0516 e. The quantitative estimate of drug-likeness (QED) is 0.836. The van der Waals surface area contributed by atoms with Gasteiger partial charge in [-0.3, -0.25) is 4.98 Å². The van der Waals surface area contributed by atoms with Crippen molar-refractivity contribution in [2.45, 2.75) is 25.7 Å². The van der Waals surface area contributed by atoms with Crippen LogP contribution in [0.2, 0.25) is 0 Å². The minimum Gasteiger partial charge on any atom is -0.378 e. The molecule has 0 bridgehead atoms. The second-order valence-electron chi connectivity index (χ2n) is 5.73. The van der Waals surface area contributed by atoms with Crippen LogP contribution in [0.3, 0.4) is 0 Å². The number of likely N-dealkylation sites (tertiary alicyclic amines) is 1. The van der Waals surface area contributed by atoms with Crippen molar-refractivity contribution in [2.75, 3.05) is 13.1 Å². The Morgan fingerprint density at radius 1 is 1.05 bits per heavy atom. The standard InChI is InChI=1S/C19H22N2/c1-16-7-9-17(10-8-16)18(19-6-2-3-12-20-19)11-15-21-13-4-5-14-21/h2-3,6-12,15,18H,4-5,13-14H2,1H3/b15-11+. The summed E-state index contributed by atoms with van der Waals surface area (Å²) in [6.07, 6.45) is 9.04. The Labute approximate surface area is 127 Å². The van der Waals surface area contributed by atoms with Gasteiger partial charge in [-0.05, 0) is 43.7 Å². The van der Waals surface area contributed by atoms with Gasteiger partial charge in [-0.25, -0.2) is 0 Å². The molecule has 0 saturated carbocycles. The number of hydrogen-bond donors (Lipinski definition) is 0. The summed E-state index contributed by atoms with van der Waals surface area (Å²) in [5.74, 6) is 0.229. The number of nitrogens with zero attached hydrogens (tertiary/aromatic N) is 2. The van der Waals surface area contributed by atoms with E-state index in [1.807, 2.05) is 12.3 Å². The van der Waals surface area contributed by atoms with Gasteiger partial charge in [-0.1, -0.05) is 42.0 Å². The monoisotopic (exact) mass is 278 g/mol. The first-order chi connectivity index (χ1) is 10.3. The van der Waals surface area contributed by atoms with Gasteiger partial charge in [0.2, 0.25) is 0 Å². The summed E-state index contributed by atoms with van der Waals surface area (Å²) >= 11 is 0. The number of hydrogen-bond acceptors (Lipinski definition) is 2. The normalized spacial score (nSPS) is 16.5. The summed E-state index contributed by atoms with van der Waals surface area (Å²) in [7, 11) is 0. The molecule has 2 nitrogen and oxygen atoms in total. The number of aryl methyl sites for hydroxylation is 1. The van der Waals surface area contributed by atoms with Crippen LogP contribution in [-0.4, -0.2) is 23.0 Å². The lowest BCUT2D eigenvalue weighted by atomic mass is 9.94. The van der Waals surface area contributed by atoms with Crippen LogP contribution < -0.4 is 0 Å². The molecule has 0 amide bonds. The van der Waals surface area contributed by atoms with Gasteiger partial charge in [0.15, 0.2) is 0 Å². The molecule has 2 heterocycles. The topological polar surface area (TPSA) is 16.1 Å². The average Bonchev–Trinajstić information content (AvgIpc) is 3.04. The Bertz CT molecular complexity index is 581. The Hall–Kier alpha value is -2.09. The number of rotatable bonds is 4. The fourth-order valence-electron chi connectivity index (χ4n) is 2.81. The Kier molecular flexibility index (Phi) is 4.34. The fourth-order valence-corrected chi connectivity index (χ4v) is 2.81. The molecule has 1 fully saturated rings. The summed E-state index contributed by atoms with van der Waals surface area (Å²) in [5, 5.41) is 0. The van der Waals surface area contributed by atoms with Gasteiger partial charge in [-0.15, -0.1) is 0 Å². The zero-order valence-corrected chi connectivity index (χ0v) is 12.6. The Balaban J connectivity index is 1.88. The molecule has 1 saturated heterocycles. The van der Waals surface area contributed by atoms with E-state index < -0.39 is 0 Å². The maximum absolute atomic E-state index is 4.55. The number of allylic oxidation sites excluding steroid dienone is 1. The first-order valence-corrected chi connectivity index (χ1v) is 7.73. The van der Waals surface area contributed by atoms with Crippen molar-refractivity contribution in [2.24, 2.45) is 0 Å². The zero-order chi connectivity index (χ0) is 14.5.